The molecule has 1 aromatic heterocycles. The molecule has 0 bridgehead atoms. The lowest BCUT2D eigenvalue weighted by atomic mass is 10.3. The molecular weight excluding hydrogens is 264 g/mol. The van der Waals surface area contributed by atoms with Gasteiger partial charge in [0.05, 0.1) is 0 Å². The molecule has 0 saturated carbocycles. The third-order valence-corrected chi connectivity index (χ3v) is 4.02. The maximum Gasteiger partial charge on any atom is 0.276 e. The Hall–Kier alpha value is -1.20. The lowest BCUT2D eigenvalue weighted by Crippen LogP contribution is -2.31. The lowest BCUT2D eigenvalue weighted by Gasteiger charge is -2.12. The van der Waals surface area contributed by atoms with Gasteiger partial charge in [0.15, 0.2) is 5.11 Å². The number of nitrogens with one attached hydrogen (secondary N) is 1. The van der Waals surface area contributed by atoms with Crippen molar-refractivity contribution in [2.75, 3.05) is 6.54 Å². The molecule has 0 unspecified atom stereocenters. The van der Waals surface area contributed by atoms with Crippen molar-refractivity contribution in [3.63, 3.8) is 0 Å². The lowest BCUT2D eigenvalue weighted by molar-refractivity contribution is -0.122. The molecule has 2 heterocycles. The molecule has 1 N–H and O–H groups in total. The zero-order chi connectivity index (χ0) is 13.1. The Morgan fingerprint density at radius 1 is 1.50 bits per heavy atom. The first-order chi connectivity index (χ1) is 8.61. The highest BCUT2D eigenvalue weighted by molar-refractivity contribution is 7.80. The molecule has 0 aromatic carbocycles. The van der Waals surface area contributed by atoms with Gasteiger partial charge in [-0.25, -0.2) is 0 Å². The highest BCUT2D eigenvalue weighted by atomic mass is 32.1. The van der Waals surface area contributed by atoms with Gasteiger partial charge in [0.25, 0.3) is 5.91 Å². The molecule has 1 amide bonds. The first kappa shape index (κ1) is 13.2. The van der Waals surface area contributed by atoms with Crippen LogP contribution in [0.5, 0.6) is 0 Å². The number of rotatable bonds is 4. The monoisotopic (exact) mass is 280 g/mol. The van der Waals surface area contributed by atoms with E-state index in [2.05, 4.69) is 19.2 Å². The van der Waals surface area contributed by atoms with E-state index in [0.717, 1.165) is 17.7 Å². The van der Waals surface area contributed by atoms with Crippen LogP contribution in [-0.2, 0) is 4.79 Å². The minimum atomic E-state index is -0.0143. The van der Waals surface area contributed by atoms with Crippen LogP contribution in [0.15, 0.2) is 17.8 Å². The summed E-state index contributed by atoms with van der Waals surface area (Å²) < 4.78 is 0. The fourth-order valence-corrected chi connectivity index (χ4v) is 2.87. The Kier molecular flexibility index (Phi) is 4.14. The zero-order valence-electron chi connectivity index (χ0n) is 10.5. The van der Waals surface area contributed by atoms with Gasteiger partial charge in [-0.05, 0) is 43.8 Å². The summed E-state index contributed by atoms with van der Waals surface area (Å²) in [6.07, 6.45) is 3.90. The van der Waals surface area contributed by atoms with E-state index in [1.54, 1.807) is 16.2 Å². The van der Waals surface area contributed by atoms with Crippen LogP contribution in [-0.4, -0.2) is 22.5 Å². The maximum absolute atomic E-state index is 12.1. The molecule has 2 rings (SSSR count). The number of amides is 1. The van der Waals surface area contributed by atoms with Crippen molar-refractivity contribution in [3.05, 3.63) is 27.6 Å². The van der Waals surface area contributed by atoms with Gasteiger partial charge >= 0.3 is 0 Å². The van der Waals surface area contributed by atoms with E-state index in [4.69, 9.17) is 12.2 Å². The number of hydrogen-bond acceptors (Lipinski definition) is 3. The van der Waals surface area contributed by atoms with Gasteiger partial charge in [-0.1, -0.05) is 13.3 Å². The summed E-state index contributed by atoms with van der Waals surface area (Å²) in [5, 5.41) is 3.52. The van der Waals surface area contributed by atoms with Gasteiger partial charge in [-0.15, -0.1) is 11.3 Å². The third-order valence-electron chi connectivity index (χ3n) is 2.75. The second kappa shape index (κ2) is 5.63. The molecule has 0 aliphatic carbocycles. The van der Waals surface area contributed by atoms with Crippen LogP contribution in [0.25, 0.3) is 6.08 Å². The summed E-state index contributed by atoms with van der Waals surface area (Å²) in [6.45, 7) is 4.85. The minimum Gasteiger partial charge on any atom is -0.328 e. The summed E-state index contributed by atoms with van der Waals surface area (Å²) in [6, 6.07) is 4.06. The van der Waals surface area contributed by atoms with Crippen LogP contribution in [0.4, 0.5) is 0 Å². The summed E-state index contributed by atoms with van der Waals surface area (Å²) in [5.41, 5.74) is 0.581. The van der Waals surface area contributed by atoms with Gasteiger partial charge < -0.3 is 5.32 Å². The number of thiophene rings is 1. The summed E-state index contributed by atoms with van der Waals surface area (Å²) in [4.78, 5) is 16.1. The normalized spacial score (nSPS) is 17.7. The van der Waals surface area contributed by atoms with E-state index in [9.17, 15) is 4.79 Å². The highest BCUT2D eigenvalue weighted by Gasteiger charge is 2.29. The molecule has 1 saturated heterocycles. The molecule has 1 aromatic rings. The van der Waals surface area contributed by atoms with Crippen molar-refractivity contribution in [1.82, 2.24) is 10.2 Å². The number of unbranched alkanes of at least 4 members (excludes halogenated alkanes) is 1. The van der Waals surface area contributed by atoms with Crippen LogP contribution >= 0.6 is 23.6 Å². The predicted molar refractivity (Wildman–Crippen MR) is 79.4 cm³/mol. The summed E-state index contributed by atoms with van der Waals surface area (Å²) in [5.74, 6) is -0.0143. The van der Waals surface area contributed by atoms with Crippen LogP contribution in [0.1, 0.15) is 29.5 Å². The van der Waals surface area contributed by atoms with Gasteiger partial charge in [0, 0.05) is 16.3 Å². The SMILES string of the molecule is CCCCN1C(=O)/C(=C\c2ccc(C)s2)NC1=S. The van der Waals surface area contributed by atoms with E-state index < -0.39 is 0 Å². The van der Waals surface area contributed by atoms with E-state index in [0.29, 0.717) is 17.4 Å². The summed E-state index contributed by atoms with van der Waals surface area (Å²) in [7, 11) is 0. The summed E-state index contributed by atoms with van der Waals surface area (Å²) >= 11 is 6.85. The molecule has 1 aliphatic heterocycles. The molecule has 0 radical (unpaired) electrons. The molecule has 1 aliphatic rings. The fraction of sp³-hybridized carbons (Fsp3) is 0.385. The van der Waals surface area contributed by atoms with E-state index >= 15 is 0 Å². The van der Waals surface area contributed by atoms with Crippen LogP contribution < -0.4 is 5.32 Å². The van der Waals surface area contributed by atoms with Crippen molar-refractivity contribution >= 4 is 40.7 Å². The second-order valence-electron chi connectivity index (χ2n) is 4.25. The minimum absolute atomic E-state index is 0.0143. The topological polar surface area (TPSA) is 32.3 Å². The molecule has 3 nitrogen and oxygen atoms in total. The van der Waals surface area contributed by atoms with Crippen molar-refractivity contribution in [2.45, 2.75) is 26.7 Å². The Balaban J connectivity index is 2.14. The zero-order valence-corrected chi connectivity index (χ0v) is 12.2. The maximum atomic E-state index is 12.1. The molecule has 1 fully saturated rings. The van der Waals surface area contributed by atoms with E-state index in [1.807, 2.05) is 18.2 Å². The van der Waals surface area contributed by atoms with Crippen LogP contribution in [0.3, 0.4) is 0 Å². The number of nitrogens with zero attached hydrogens (tertiary/aromatic N) is 1. The highest BCUT2D eigenvalue weighted by Crippen LogP contribution is 2.20. The van der Waals surface area contributed by atoms with Crippen LogP contribution in [0.2, 0.25) is 0 Å². The Bertz CT molecular complexity index is 505. The number of aryl methyl sites for hydroxylation is 1. The van der Waals surface area contributed by atoms with Gasteiger partial charge in [0.2, 0.25) is 0 Å². The number of carbonyl (C=O) groups is 1. The van der Waals surface area contributed by atoms with Gasteiger partial charge in [-0.2, -0.15) is 0 Å². The Labute approximate surface area is 116 Å². The number of hydrogen-bond donors (Lipinski definition) is 1. The standard InChI is InChI=1S/C13H16N2OS2/c1-3-4-7-15-12(16)11(14-13(15)17)8-10-6-5-9(2)18-10/h5-6,8H,3-4,7H2,1-2H3,(H,14,17)/b11-8+. The Morgan fingerprint density at radius 3 is 2.89 bits per heavy atom. The van der Waals surface area contributed by atoms with Crippen molar-refractivity contribution in [1.29, 1.82) is 0 Å². The average molecular weight is 280 g/mol. The quantitative estimate of drug-likeness (QED) is 0.680. The largest absolute Gasteiger partial charge is 0.328 e. The first-order valence-corrected chi connectivity index (χ1v) is 7.25. The molecule has 18 heavy (non-hydrogen) atoms. The van der Waals surface area contributed by atoms with Crippen LogP contribution in [0, 0.1) is 6.92 Å². The number of carbonyl (C=O) groups excluding carboxylic acids is 1. The van der Waals surface area contributed by atoms with E-state index in [1.165, 1.54) is 4.88 Å². The van der Waals surface area contributed by atoms with Gasteiger partial charge in [0.1, 0.15) is 5.70 Å². The molecule has 0 atom stereocenters. The third kappa shape index (κ3) is 2.79. The predicted octanol–water partition coefficient (Wildman–Crippen LogP) is 2.91. The van der Waals surface area contributed by atoms with Crippen molar-refractivity contribution < 1.29 is 4.79 Å². The number of thiocarbonyl (C=S) groups is 1. The molecule has 5 heteroatoms. The van der Waals surface area contributed by atoms with E-state index in [-0.39, 0.29) is 5.91 Å². The molecule has 0 spiro atoms. The second-order valence-corrected chi connectivity index (χ2v) is 5.95. The van der Waals surface area contributed by atoms with Crippen molar-refractivity contribution in [3.8, 4) is 0 Å². The molecule has 96 valence electrons. The molecular formula is C13H16N2OS2. The smallest absolute Gasteiger partial charge is 0.276 e. The Morgan fingerprint density at radius 2 is 2.28 bits per heavy atom. The first-order valence-electron chi connectivity index (χ1n) is 6.03. The average Bonchev–Trinajstić information content (AvgIpc) is 2.84. The van der Waals surface area contributed by atoms with Gasteiger partial charge in [-0.3, -0.25) is 9.69 Å². The van der Waals surface area contributed by atoms with Crippen molar-refractivity contribution in [2.24, 2.45) is 0 Å². The fourth-order valence-electron chi connectivity index (χ4n) is 1.76.